The van der Waals surface area contributed by atoms with Crippen molar-refractivity contribution < 1.29 is 14.6 Å². The predicted octanol–water partition coefficient (Wildman–Crippen LogP) is 2.44. The molecule has 118 valence electrons. The first-order valence-electron chi connectivity index (χ1n) is 7.46. The third-order valence-corrected chi connectivity index (χ3v) is 3.19. The van der Waals surface area contributed by atoms with E-state index in [0.29, 0.717) is 13.2 Å². The third-order valence-electron chi connectivity index (χ3n) is 3.19. The number of likely N-dealkylation sites (N-methyl/N-ethyl adjacent to an activating group) is 1. The Morgan fingerprint density at radius 3 is 2.05 bits per heavy atom. The normalized spacial score (nSPS) is 12.1. The van der Waals surface area contributed by atoms with Crippen molar-refractivity contribution in [2.75, 3.05) is 33.4 Å². The molecule has 0 radical (unpaired) electrons. The lowest BCUT2D eigenvalue weighted by molar-refractivity contribution is 0.0723. The topological polar surface area (TPSA) is 41.9 Å². The van der Waals surface area contributed by atoms with Crippen LogP contribution in [0.2, 0.25) is 0 Å². The second-order valence-electron chi connectivity index (χ2n) is 5.20. The molecule has 0 aliphatic carbocycles. The smallest absolute Gasteiger partial charge is 0.119 e. The van der Waals surface area contributed by atoms with Crippen molar-refractivity contribution in [2.24, 2.45) is 0 Å². The summed E-state index contributed by atoms with van der Waals surface area (Å²) in [4.78, 5) is 2.03. The molecule has 0 saturated heterocycles. The van der Waals surface area contributed by atoms with E-state index in [4.69, 9.17) is 9.47 Å². The number of hydrogen-bond donors (Lipinski definition) is 1. The summed E-state index contributed by atoms with van der Waals surface area (Å²) in [7, 11) is 1.96. The van der Waals surface area contributed by atoms with Crippen LogP contribution in [0.1, 0.15) is 0 Å². The van der Waals surface area contributed by atoms with Crippen molar-refractivity contribution in [2.45, 2.75) is 6.10 Å². The standard InChI is InChI=1S/C18H23NO3/c1-19(12-13-21-17-8-4-2-5-9-17)14-16(20)15-22-18-10-6-3-7-11-18/h2-11,16,20H,12-15H2,1H3. The molecular formula is C18H23NO3. The summed E-state index contributed by atoms with van der Waals surface area (Å²) in [6.07, 6.45) is -0.526. The quantitative estimate of drug-likeness (QED) is 0.772. The van der Waals surface area contributed by atoms with E-state index in [1.807, 2.05) is 72.6 Å². The minimum Gasteiger partial charge on any atom is -0.492 e. The molecule has 0 saturated carbocycles. The molecule has 1 N–H and O–H groups in total. The molecular weight excluding hydrogens is 278 g/mol. The molecule has 2 rings (SSSR count). The summed E-state index contributed by atoms with van der Waals surface area (Å²) >= 11 is 0. The van der Waals surface area contributed by atoms with Gasteiger partial charge in [0.15, 0.2) is 0 Å². The minimum atomic E-state index is -0.526. The van der Waals surface area contributed by atoms with Crippen LogP contribution in [-0.4, -0.2) is 49.5 Å². The number of aliphatic hydroxyl groups is 1. The highest BCUT2D eigenvalue weighted by molar-refractivity contribution is 5.21. The van der Waals surface area contributed by atoms with E-state index in [0.717, 1.165) is 18.0 Å². The summed E-state index contributed by atoms with van der Waals surface area (Å²) in [5.74, 6) is 1.64. The van der Waals surface area contributed by atoms with Crippen LogP contribution in [0.5, 0.6) is 11.5 Å². The Kier molecular flexibility index (Phi) is 6.74. The molecule has 0 heterocycles. The number of ether oxygens (including phenoxy) is 2. The van der Waals surface area contributed by atoms with E-state index in [1.54, 1.807) is 0 Å². The van der Waals surface area contributed by atoms with Gasteiger partial charge in [0.25, 0.3) is 0 Å². The first kappa shape index (κ1) is 16.3. The van der Waals surface area contributed by atoms with E-state index in [9.17, 15) is 5.11 Å². The minimum absolute atomic E-state index is 0.286. The lowest BCUT2D eigenvalue weighted by Crippen LogP contribution is -2.35. The molecule has 0 aliphatic rings. The number of para-hydroxylation sites is 2. The third kappa shape index (κ3) is 6.16. The Balaban J connectivity index is 1.60. The summed E-state index contributed by atoms with van der Waals surface area (Å²) in [5.41, 5.74) is 0. The molecule has 22 heavy (non-hydrogen) atoms. The van der Waals surface area contributed by atoms with Crippen molar-refractivity contribution in [3.05, 3.63) is 60.7 Å². The Morgan fingerprint density at radius 1 is 0.909 bits per heavy atom. The van der Waals surface area contributed by atoms with Crippen molar-refractivity contribution in [1.82, 2.24) is 4.90 Å². The summed E-state index contributed by atoms with van der Waals surface area (Å²) in [6.45, 7) is 2.17. The molecule has 4 heteroatoms. The molecule has 0 bridgehead atoms. The van der Waals surface area contributed by atoms with Gasteiger partial charge in [0.05, 0.1) is 0 Å². The Labute approximate surface area is 131 Å². The van der Waals surface area contributed by atoms with Gasteiger partial charge >= 0.3 is 0 Å². The van der Waals surface area contributed by atoms with Gasteiger partial charge in [0.1, 0.15) is 30.8 Å². The van der Waals surface area contributed by atoms with Crippen LogP contribution in [0.25, 0.3) is 0 Å². The molecule has 2 aromatic rings. The van der Waals surface area contributed by atoms with Gasteiger partial charge in [-0.15, -0.1) is 0 Å². The first-order chi connectivity index (χ1) is 10.7. The summed E-state index contributed by atoms with van der Waals surface area (Å²) < 4.78 is 11.2. The number of benzene rings is 2. The molecule has 2 aromatic carbocycles. The summed E-state index contributed by atoms with van der Waals surface area (Å²) in [6, 6.07) is 19.2. The number of rotatable bonds is 9. The molecule has 0 aromatic heterocycles. The fourth-order valence-corrected chi connectivity index (χ4v) is 2.05. The zero-order valence-electron chi connectivity index (χ0n) is 12.9. The van der Waals surface area contributed by atoms with E-state index in [1.165, 1.54) is 0 Å². The van der Waals surface area contributed by atoms with Gasteiger partial charge in [-0.3, -0.25) is 0 Å². The van der Waals surface area contributed by atoms with E-state index < -0.39 is 6.10 Å². The van der Waals surface area contributed by atoms with Crippen molar-refractivity contribution in [1.29, 1.82) is 0 Å². The molecule has 1 unspecified atom stereocenters. The SMILES string of the molecule is CN(CCOc1ccccc1)CC(O)COc1ccccc1. The lowest BCUT2D eigenvalue weighted by Gasteiger charge is -2.20. The highest BCUT2D eigenvalue weighted by Crippen LogP contribution is 2.09. The Hall–Kier alpha value is -2.04. The highest BCUT2D eigenvalue weighted by atomic mass is 16.5. The first-order valence-corrected chi connectivity index (χ1v) is 7.46. The Morgan fingerprint density at radius 2 is 1.45 bits per heavy atom. The second-order valence-corrected chi connectivity index (χ2v) is 5.20. The van der Waals surface area contributed by atoms with E-state index in [2.05, 4.69) is 0 Å². The average molecular weight is 301 g/mol. The largest absolute Gasteiger partial charge is 0.492 e. The molecule has 0 fully saturated rings. The van der Waals surface area contributed by atoms with Crippen LogP contribution in [0, 0.1) is 0 Å². The monoisotopic (exact) mass is 301 g/mol. The van der Waals surface area contributed by atoms with Crippen LogP contribution in [0.4, 0.5) is 0 Å². The summed E-state index contributed by atoms with van der Waals surface area (Å²) in [5, 5.41) is 9.99. The maximum atomic E-state index is 9.99. The van der Waals surface area contributed by atoms with Crippen LogP contribution < -0.4 is 9.47 Å². The van der Waals surface area contributed by atoms with E-state index >= 15 is 0 Å². The van der Waals surface area contributed by atoms with Gasteiger partial charge in [-0.25, -0.2) is 0 Å². The van der Waals surface area contributed by atoms with Crippen LogP contribution >= 0.6 is 0 Å². The van der Waals surface area contributed by atoms with Gasteiger partial charge < -0.3 is 19.5 Å². The number of aliphatic hydroxyl groups excluding tert-OH is 1. The van der Waals surface area contributed by atoms with Gasteiger partial charge in [-0.05, 0) is 31.3 Å². The second kappa shape index (κ2) is 9.07. The van der Waals surface area contributed by atoms with Crippen molar-refractivity contribution >= 4 is 0 Å². The maximum absolute atomic E-state index is 9.99. The lowest BCUT2D eigenvalue weighted by atomic mass is 10.3. The molecule has 4 nitrogen and oxygen atoms in total. The fourth-order valence-electron chi connectivity index (χ4n) is 2.05. The van der Waals surface area contributed by atoms with E-state index in [-0.39, 0.29) is 6.61 Å². The Bertz CT molecular complexity index is 518. The van der Waals surface area contributed by atoms with Crippen LogP contribution in [0.3, 0.4) is 0 Å². The van der Waals surface area contributed by atoms with Gasteiger partial charge in [0.2, 0.25) is 0 Å². The zero-order chi connectivity index (χ0) is 15.6. The average Bonchev–Trinajstić information content (AvgIpc) is 2.55. The molecule has 1 atom stereocenters. The highest BCUT2D eigenvalue weighted by Gasteiger charge is 2.09. The molecule has 0 spiro atoms. The maximum Gasteiger partial charge on any atom is 0.119 e. The number of hydrogen-bond acceptors (Lipinski definition) is 4. The molecule has 0 amide bonds. The van der Waals surface area contributed by atoms with Crippen LogP contribution in [-0.2, 0) is 0 Å². The van der Waals surface area contributed by atoms with Crippen molar-refractivity contribution in [3.8, 4) is 11.5 Å². The zero-order valence-corrected chi connectivity index (χ0v) is 12.9. The fraction of sp³-hybridized carbons (Fsp3) is 0.333. The molecule has 0 aliphatic heterocycles. The number of nitrogens with zero attached hydrogens (tertiary/aromatic N) is 1. The van der Waals surface area contributed by atoms with Gasteiger partial charge in [-0.2, -0.15) is 0 Å². The predicted molar refractivity (Wildman–Crippen MR) is 87.4 cm³/mol. The van der Waals surface area contributed by atoms with Crippen LogP contribution in [0.15, 0.2) is 60.7 Å². The van der Waals surface area contributed by atoms with Gasteiger partial charge in [-0.1, -0.05) is 36.4 Å². The van der Waals surface area contributed by atoms with Crippen molar-refractivity contribution in [3.63, 3.8) is 0 Å². The van der Waals surface area contributed by atoms with Gasteiger partial charge in [0, 0.05) is 13.1 Å².